The summed E-state index contributed by atoms with van der Waals surface area (Å²) >= 11 is 1.68. The predicted octanol–water partition coefficient (Wildman–Crippen LogP) is 5.03. The summed E-state index contributed by atoms with van der Waals surface area (Å²) in [6.07, 6.45) is 4.09. The number of hydrogen-bond acceptors (Lipinski definition) is 4. The lowest BCUT2D eigenvalue weighted by molar-refractivity contribution is 0.687. The molecule has 4 rings (SSSR count). The van der Waals surface area contributed by atoms with Crippen LogP contribution in [-0.2, 0) is 12.3 Å². The largest absolute Gasteiger partial charge is 0.307 e. The second kappa shape index (κ2) is 7.56. The highest BCUT2D eigenvalue weighted by Crippen LogP contribution is 2.27. The molecule has 4 aromatic rings. The Morgan fingerprint density at radius 2 is 1.85 bits per heavy atom. The first-order valence-electron chi connectivity index (χ1n) is 9.24. The van der Waals surface area contributed by atoms with Gasteiger partial charge in [0.1, 0.15) is 5.65 Å². The molecule has 0 unspecified atom stereocenters. The monoisotopic (exact) mass is 377 g/mol. The number of benzene rings is 1. The number of imidazole rings is 1. The van der Waals surface area contributed by atoms with Crippen molar-refractivity contribution in [3.05, 3.63) is 66.1 Å². The molecule has 0 aliphatic carbocycles. The van der Waals surface area contributed by atoms with E-state index in [-0.39, 0.29) is 0 Å². The van der Waals surface area contributed by atoms with Crippen LogP contribution in [0.5, 0.6) is 0 Å². The van der Waals surface area contributed by atoms with Gasteiger partial charge < -0.3 is 8.97 Å². The lowest BCUT2D eigenvalue weighted by atomic mass is 10.0. The molecule has 0 saturated carbocycles. The molecule has 0 bridgehead atoms. The van der Waals surface area contributed by atoms with E-state index in [0.717, 1.165) is 40.2 Å². The average molecular weight is 378 g/mol. The van der Waals surface area contributed by atoms with Gasteiger partial charge in [-0.3, -0.25) is 0 Å². The van der Waals surface area contributed by atoms with E-state index in [9.17, 15) is 0 Å². The Kier molecular flexibility index (Phi) is 4.99. The Labute approximate surface area is 163 Å². The van der Waals surface area contributed by atoms with Crippen molar-refractivity contribution < 1.29 is 0 Å². The van der Waals surface area contributed by atoms with Crippen LogP contribution in [0.2, 0.25) is 0 Å². The van der Waals surface area contributed by atoms with E-state index in [1.807, 2.05) is 28.8 Å². The highest BCUT2D eigenvalue weighted by Gasteiger charge is 2.14. The summed E-state index contributed by atoms with van der Waals surface area (Å²) in [7, 11) is 0. The second-order valence-corrected chi connectivity index (χ2v) is 7.76. The maximum Gasteiger partial charge on any atom is 0.191 e. The van der Waals surface area contributed by atoms with Gasteiger partial charge >= 0.3 is 0 Å². The van der Waals surface area contributed by atoms with Gasteiger partial charge in [0.25, 0.3) is 0 Å². The van der Waals surface area contributed by atoms with E-state index in [2.05, 4.69) is 71.0 Å². The molecule has 3 heterocycles. The molecular formula is C21H23N5S. The molecule has 0 atom stereocenters. The first-order valence-corrected chi connectivity index (χ1v) is 10.2. The Bertz CT molecular complexity index is 1010. The van der Waals surface area contributed by atoms with Gasteiger partial charge in [-0.2, -0.15) is 0 Å². The maximum atomic E-state index is 4.66. The van der Waals surface area contributed by atoms with Crippen molar-refractivity contribution >= 4 is 17.4 Å². The van der Waals surface area contributed by atoms with Crippen LogP contribution in [0.1, 0.15) is 37.9 Å². The third-order valence-electron chi connectivity index (χ3n) is 4.63. The van der Waals surface area contributed by atoms with Crippen LogP contribution >= 0.6 is 11.8 Å². The number of hydrogen-bond donors (Lipinski definition) is 0. The smallest absolute Gasteiger partial charge is 0.191 e. The zero-order valence-electron chi connectivity index (χ0n) is 15.8. The molecule has 138 valence electrons. The quantitative estimate of drug-likeness (QED) is 0.442. The van der Waals surface area contributed by atoms with Crippen molar-refractivity contribution in [3.8, 4) is 11.4 Å². The maximum absolute atomic E-state index is 4.66. The van der Waals surface area contributed by atoms with Crippen LogP contribution in [-0.4, -0.2) is 24.1 Å². The number of rotatable bonds is 6. The van der Waals surface area contributed by atoms with Gasteiger partial charge in [-0.15, -0.1) is 10.2 Å². The number of nitrogens with zero attached hydrogens (tertiary/aromatic N) is 5. The van der Waals surface area contributed by atoms with Crippen LogP contribution in [0, 0.1) is 0 Å². The van der Waals surface area contributed by atoms with Crippen LogP contribution in [0.15, 0.2) is 60.0 Å². The highest BCUT2D eigenvalue weighted by molar-refractivity contribution is 7.98. The molecule has 0 saturated heterocycles. The highest BCUT2D eigenvalue weighted by atomic mass is 32.2. The van der Waals surface area contributed by atoms with Crippen LogP contribution in [0.3, 0.4) is 0 Å². The summed E-state index contributed by atoms with van der Waals surface area (Å²) < 4.78 is 4.22. The van der Waals surface area contributed by atoms with Gasteiger partial charge in [-0.1, -0.05) is 55.9 Å². The molecule has 0 amide bonds. The minimum absolute atomic E-state index is 0.527. The van der Waals surface area contributed by atoms with Crippen LogP contribution in [0.25, 0.3) is 17.0 Å². The minimum atomic E-state index is 0.527. The van der Waals surface area contributed by atoms with Crippen molar-refractivity contribution in [1.82, 2.24) is 24.1 Å². The molecule has 5 nitrogen and oxygen atoms in total. The van der Waals surface area contributed by atoms with Gasteiger partial charge in [0.2, 0.25) is 0 Å². The number of aromatic nitrogens is 5. The predicted molar refractivity (Wildman–Crippen MR) is 110 cm³/mol. The summed E-state index contributed by atoms with van der Waals surface area (Å²) in [6, 6.07) is 14.7. The molecular weight excluding hydrogens is 354 g/mol. The zero-order valence-corrected chi connectivity index (χ0v) is 16.6. The molecule has 3 aromatic heterocycles. The Hall–Kier alpha value is -2.60. The van der Waals surface area contributed by atoms with Crippen molar-refractivity contribution in [2.75, 3.05) is 0 Å². The fourth-order valence-electron chi connectivity index (χ4n) is 3.11. The Morgan fingerprint density at radius 3 is 2.56 bits per heavy atom. The molecule has 1 aromatic carbocycles. The van der Waals surface area contributed by atoms with E-state index in [1.54, 1.807) is 11.8 Å². The molecule has 0 radical (unpaired) electrons. The SMILES string of the molecule is CCn1c(SCc2cn3ccccc3n2)nnc1-c1ccc(C(C)C)cc1. The Balaban J connectivity index is 1.55. The van der Waals surface area contributed by atoms with Gasteiger partial charge in [-0.05, 0) is 30.5 Å². The van der Waals surface area contributed by atoms with Crippen molar-refractivity contribution in [1.29, 1.82) is 0 Å². The van der Waals surface area contributed by atoms with Gasteiger partial charge in [0, 0.05) is 30.3 Å². The summed E-state index contributed by atoms with van der Waals surface area (Å²) in [5.74, 6) is 2.22. The third-order valence-corrected chi connectivity index (χ3v) is 5.63. The van der Waals surface area contributed by atoms with Crippen LogP contribution in [0.4, 0.5) is 0 Å². The normalized spacial score (nSPS) is 11.6. The van der Waals surface area contributed by atoms with Crippen molar-refractivity contribution in [2.45, 2.75) is 44.1 Å². The van der Waals surface area contributed by atoms with Crippen molar-refractivity contribution in [2.24, 2.45) is 0 Å². The van der Waals surface area contributed by atoms with Gasteiger partial charge in [0.15, 0.2) is 11.0 Å². The van der Waals surface area contributed by atoms with E-state index < -0.39 is 0 Å². The van der Waals surface area contributed by atoms with E-state index in [0.29, 0.717) is 5.92 Å². The number of pyridine rings is 1. The molecule has 0 spiro atoms. The van der Waals surface area contributed by atoms with E-state index in [1.165, 1.54) is 5.56 Å². The molecule has 0 aliphatic heterocycles. The fraction of sp³-hybridized carbons (Fsp3) is 0.286. The molecule has 0 aliphatic rings. The molecule has 0 fully saturated rings. The molecule has 6 heteroatoms. The number of fused-ring (bicyclic) bond motifs is 1. The first-order chi connectivity index (χ1) is 13.2. The van der Waals surface area contributed by atoms with E-state index in [4.69, 9.17) is 0 Å². The zero-order chi connectivity index (χ0) is 18.8. The lowest BCUT2D eigenvalue weighted by Crippen LogP contribution is -2.00. The summed E-state index contributed by atoms with van der Waals surface area (Å²) in [6.45, 7) is 7.38. The summed E-state index contributed by atoms with van der Waals surface area (Å²) in [4.78, 5) is 4.66. The van der Waals surface area contributed by atoms with Gasteiger partial charge in [-0.25, -0.2) is 4.98 Å². The first kappa shape index (κ1) is 17.8. The topological polar surface area (TPSA) is 48.0 Å². The molecule has 0 N–H and O–H groups in total. The lowest BCUT2D eigenvalue weighted by Gasteiger charge is -2.09. The third kappa shape index (κ3) is 3.62. The fourth-order valence-corrected chi connectivity index (χ4v) is 3.99. The molecule has 27 heavy (non-hydrogen) atoms. The number of thioether (sulfide) groups is 1. The van der Waals surface area contributed by atoms with Crippen molar-refractivity contribution in [3.63, 3.8) is 0 Å². The van der Waals surface area contributed by atoms with E-state index >= 15 is 0 Å². The summed E-state index contributed by atoms with van der Waals surface area (Å²) in [5.41, 5.74) is 4.45. The minimum Gasteiger partial charge on any atom is -0.307 e. The standard InChI is InChI=1S/C21H23N5S/c1-4-26-20(17-10-8-16(9-11-17)15(2)3)23-24-21(26)27-14-18-13-25-12-6-5-7-19(25)22-18/h5-13,15H,4,14H2,1-3H3. The summed E-state index contributed by atoms with van der Waals surface area (Å²) in [5, 5.41) is 9.81. The second-order valence-electron chi connectivity index (χ2n) is 6.81. The average Bonchev–Trinajstić information content (AvgIpc) is 3.29. The Morgan fingerprint density at radius 1 is 1.04 bits per heavy atom. The van der Waals surface area contributed by atoms with Gasteiger partial charge in [0.05, 0.1) is 5.69 Å². The van der Waals surface area contributed by atoms with Crippen LogP contribution < -0.4 is 0 Å².